The lowest BCUT2D eigenvalue weighted by atomic mass is 10.1. The third-order valence-corrected chi connectivity index (χ3v) is 4.44. The smallest absolute Gasteiger partial charge is 0.258 e. The number of nitrogens with one attached hydrogen (secondary N) is 2. The van der Waals surface area contributed by atoms with Gasteiger partial charge in [-0.25, -0.2) is 0 Å². The zero-order valence-electron chi connectivity index (χ0n) is 16.5. The second kappa shape index (κ2) is 8.88. The zero-order valence-corrected chi connectivity index (χ0v) is 16.5. The molecule has 0 aliphatic carbocycles. The Hall–Kier alpha value is -2.57. The Balaban J connectivity index is 1.63. The predicted molar refractivity (Wildman–Crippen MR) is 102 cm³/mol. The molecule has 1 fully saturated rings. The van der Waals surface area contributed by atoms with Gasteiger partial charge in [-0.05, 0) is 39.8 Å². The van der Waals surface area contributed by atoms with Gasteiger partial charge in [-0.15, -0.1) is 0 Å². The van der Waals surface area contributed by atoms with Gasteiger partial charge in [0.05, 0.1) is 5.92 Å². The summed E-state index contributed by atoms with van der Waals surface area (Å²) in [6, 6.07) is 7.45. The molecule has 1 aromatic rings. The van der Waals surface area contributed by atoms with Gasteiger partial charge in [0, 0.05) is 31.6 Å². The van der Waals surface area contributed by atoms with Crippen LogP contribution in [0, 0.1) is 12.8 Å². The standard InChI is InChI=1S/C20H29N3O4/c1-14-5-7-16(8-6-14)27-13-17(24)21-9-10-22-19(26)15-11-18(25)23(12-15)20(2,3)4/h5-8,15H,9-13H2,1-4H3,(H,21,24)(H,22,26). The van der Waals surface area contributed by atoms with Crippen molar-refractivity contribution in [3.05, 3.63) is 29.8 Å². The summed E-state index contributed by atoms with van der Waals surface area (Å²) in [6.45, 7) is 8.84. The predicted octanol–water partition coefficient (Wildman–Crippen LogP) is 1.25. The number of hydrogen-bond acceptors (Lipinski definition) is 4. The van der Waals surface area contributed by atoms with Crippen LogP contribution in [0.15, 0.2) is 24.3 Å². The number of ether oxygens (including phenoxy) is 1. The van der Waals surface area contributed by atoms with E-state index in [4.69, 9.17) is 4.74 Å². The van der Waals surface area contributed by atoms with Crippen molar-refractivity contribution in [2.45, 2.75) is 39.7 Å². The Morgan fingerprint density at radius 3 is 2.37 bits per heavy atom. The summed E-state index contributed by atoms with van der Waals surface area (Å²) in [5.41, 5.74) is 0.842. The first-order chi connectivity index (χ1) is 12.7. The number of carbonyl (C=O) groups is 3. The Bertz CT molecular complexity index is 679. The van der Waals surface area contributed by atoms with E-state index in [0.717, 1.165) is 5.56 Å². The first-order valence-electron chi connectivity index (χ1n) is 9.21. The highest BCUT2D eigenvalue weighted by Gasteiger charge is 2.39. The van der Waals surface area contributed by atoms with E-state index in [1.165, 1.54) is 0 Å². The molecule has 3 amide bonds. The summed E-state index contributed by atoms with van der Waals surface area (Å²) < 4.78 is 5.40. The van der Waals surface area contributed by atoms with Crippen molar-refractivity contribution in [2.75, 3.05) is 26.2 Å². The highest BCUT2D eigenvalue weighted by Crippen LogP contribution is 2.25. The molecule has 1 saturated heterocycles. The second-order valence-electron chi connectivity index (χ2n) is 7.82. The van der Waals surface area contributed by atoms with Crippen molar-refractivity contribution in [1.82, 2.24) is 15.5 Å². The van der Waals surface area contributed by atoms with E-state index in [2.05, 4.69) is 10.6 Å². The summed E-state index contributed by atoms with van der Waals surface area (Å²) in [7, 11) is 0. The van der Waals surface area contributed by atoms with Crippen LogP contribution in [-0.4, -0.2) is 54.4 Å². The Morgan fingerprint density at radius 2 is 1.78 bits per heavy atom. The molecule has 1 aliphatic rings. The number of likely N-dealkylation sites (tertiary alicyclic amines) is 1. The van der Waals surface area contributed by atoms with E-state index in [1.807, 2.05) is 52.0 Å². The normalized spacial score (nSPS) is 17.0. The first kappa shape index (κ1) is 20.7. The van der Waals surface area contributed by atoms with Gasteiger partial charge in [-0.1, -0.05) is 17.7 Å². The van der Waals surface area contributed by atoms with Crippen LogP contribution in [0.1, 0.15) is 32.8 Å². The summed E-state index contributed by atoms with van der Waals surface area (Å²) in [5, 5.41) is 5.48. The van der Waals surface area contributed by atoms with Gasteiger partial charge < -0.3 is 20.3 Å². The van der Waals surface area contributed by atoms with Crippen LogP contribution in [0.25, 0.3) is 0 Å². The van der Waals surface area contributed by atoms with Gasteiger partial charge in [-0.2, -0.15) is 0 Å². The quantitative estimate of drug-likeness (QED) is 0.702. The number of hydrogen-bond donors (Lipinski definition) is 2. The highest BCUT2D eigenvalue weighted by molar-refractivity contribution is 5.89. The van der Waals surface area contributed by atoms with Crippen LogP contribution in [-0.2, 0) is 14.4 Å². The number of benzene rings is 1. The number of rotatable bonds is 7. The number of carbonyl (C=O) groups excluding carboxylic acids is 3. The third kappa shape index (κ3) is 6.27. The maximum absolute atomic E-state index is 12.2. The lowest BCUT2D eigenvalue weighted by molar-refractivity contribution is -0.132. The van der Waals surface area contributed by atoms with E-state index in [-0.39, 0.29) is 42.2 Å². The van der Waals surface area contributed by atoms with E-state index < -0.39 is 0 Å². The minimum absolute atomic E-state index is 0.00390. The minimum atomic E-state index is -0.336. The van der Waals surface area contributed by atoms with Gasteiger partial charge in [0.2, 0.25) is 11.8 Å². The molecule has 0 radical (unpaired) electrons. The van der Waals surface area contributed by atoms with Crippen molar-refractivity contribution < 1.29 is 19.1 Å². The maximum Gasteiger partial charge on any atom is 0.258 e. The number of nitrogens with zero attached hydrogens (tertiary/aromatic N) is 1. The molecule has 7 nitrogen and oxygen atoms in total. The van der Waals surface area contributed by atoms with Crippen LogP contribution in [0.3, 0.4) is 0 Å². The molecule has 0 saturated carbocycles. The molecule has 0 aromatic heterocycles. The monoisotopic (exact) mass is 375 g/mol. The van der Waals surface area contributed by atoms with E-state index in [9.17, 15) is 14.4 Å². The topological polar surface area (TPSA) is 87.7 Å². The Labute approximate surface area is 160 Å². The van der Waals surface area contributed by atoms with Gasteiger partial charge in [0.1, 0.15) is 5.75 Å². The maximum atomic E-state index is 12.2. The zero-order chi connectivity index (χ0) is 20.0. The van der Waals surface area contributed by atoms with Crippen molar-refractivity contribution in [1.29, 1.82) is 0 Å². The molecule has 0 spiro atoms. The molecule has 1 atom stereocenters. The molecular formula is C20H29N3O4. The van der Waals surface area contributed by atoms with Crippen LogP contribution < -0.4 is 15.4 Å². The van der Waals surface area contributed by atoms with Crippen LogP contribution in [0.2, 0.25) is 0 Å². The SMILES string of the molecule is Cc1ccc(OCC(=O)NCCNC(=O)C2CC(=O)N(C(C)(C)C)C2)cc1. The number of aryl methyl sites for hydroxylation is 1. The first-order valence-corrected chi connectivity index (χ1v) is 9.21. The van der Waals surface area contributed by atoms with E-state index in [0.29, 0.717) is 25.4 Å². The molecule has 27 heavy (non-hydrogen) atoms. The summed E-state index contributed by atoms with van der Waals surface area (Å²) >= 11 is 0. The molecule has 1 aliphatic heterocycles. The summed E-state index contributed by atoms with van der Waals surface area (Å²) in [6.07, 6.45) is 0.236. The van der Waals surface area contributed by atoms with Crippen molar-refractivity contribution in [2.24, 2.45) is 5.92 Å². The van der Waals surface area contributed by atoms with Crippen LogP contribution in [0.5, 0.6) is 5.75 Å². The van der Waals surface area contributed by atoms with E-state index in [1.54, 1.807) is 4.90 Å². The van der Waals surface area contributed by atoms with Gasteiger partial charge in [-0.3, -0.25) is 14.4 Å². The molecule has 2 rings (SSSR count). The fraction of sp³-hybridized carbons (Fsp3) is 0.550. The average Bonchev–Trinajstić information content (AvgIpc) is 3.00. The minimum Gasteiger partial charge on any atom is -0.484 e. The number of amides is 3. The third-order valence-electron chi connectivity index (χ3n) is 4.44. The lowest BCUT2D eigenvalue weighted by Gasteiger charge is -2.31. The summed E-state index contributed by atoms with van der Waals surface area (Å²) in [5.74, 6) is -0.0973. The molecule has 0 bridgehead atoms. The van der Waals surface area contributed by atoms with Crippen molar-refractivity contribution in [3.63, 3.8) is 0 Å². The van der Waals surface area contributed by atoms with Crippen molar-refractivity contribution in [3.8, 4) is 5.75 Å². The average molecular weight is 375 g/mol. The highest BCUT2D eigenvalue weighted by atomic mass is 16.5. The fourth-order valence-corrected chi connectivity index (χ4v) is 2.90. The Morgan fingerprint density at radius 1 is 1.15 bits per heavy atom. The second-order valence-corrected chi connectivity index (χ2v) is 7.82. The fourth-order valence-electron chi connectivity index (χ4n) is 2.90. The van der Waals surface area contributed by atoms with Gasteiger partial charge in [0.25, 0.3) is 5.91 Å². The van der Waals surface area contributed by atoms with Gasteiger partial charge >= 0.3 is 0 Å². The largest absolute Gasteiger partial charge is 0.484 e. The van der Waals surface area contributed by atoms with Crippen molar-refractivity contribution >= 4 is 17.7 Å². The van der Waals surface area contributed by atoms with Crippen LogP contribution in [0.4, 0.5) is 0 Å². The molecule has 1 heterocycles. The molecular weight excluding hydrogens is 346 g/mol. The molecule has 1 aromatic carbocycles. The summed E-state index contributed by atoms with van der Waals surface area (Å²) in [4.78, 5) is 37.8. The van der Waals surface area contributed by atoms with E-state index >= 15 is 0 Å². The lowest BCUT2D eigenvalue weighted by Crippen LogP contribution is -2.43. The van der Waals surface area contributed by atoms with Gasteiger partial charge in [0.15, 0.2) is 6.61 Å². The van der Waals surface area contributed by atoms with Crippen LogP contribution >= 0.6 is 0 Å². The molecule has 7 heteroatoms. The molecule has 148 valence electrons. The molecule has 2 N–H and O–H groups in total. The molecule has 1 unspecified atom stereocenters. The Kier molecular flexibility index (Phi) is 6.82.